The first-order chi connectivity index (χ1) is 4.97. The van der Waals surface area contributed by atoms with Gasteiger partial charge in [-0.25, -0.2) is 0 Å². The first-order valence-electron chi connectivity index (χ1n) is 4.71. The molecule has 2 heterocycles. The Kier molecular flexibility index (Phi) is 2.09. The Morgan fingerprint density at radius 3 is 2.00 bits per heavy atom. The Bertz CT molecular complexity index is 89.8. The van der Waals surface area contributed by atoms with Gasteiger partial charge in [0.15, 0.2) is 0 Å². The van der Waals surface area contributed by atoms with Crippen molar-refractivity contribution in [1.29, 1.82) is 0 Å². The third kappa shape index (κ3) is 1.27. The van der Waals surface area contributed by atoms with Crippen molar-refractivity contribution in [3.05, 3.63) is 0 Å². The largest absolute Gasteiger partial charge is 0.326 e. The highest BCUT2D eigenvalue weighted by atomic mass is 28.3. The van der Waals surface area contributed by atoms with E-state index >= 15 is 0 Å². The van der Waals surface area contributed by atoms with Crippen molar-refractivity contribution >= 4 is 8.96 Å². The molecule has 0 radical (unpaired) electrons. The molecule has 0 bridgehead atoms. The molecule has 0 aromatic heterocycles. The maximum atomic E-state index is 2.84. The van der Waals surface area contributed by atoms with Gasteiger partial charge in [-0.05, 0) is 38.0 Å². The van der Waals surface area contributed by atoms with Crippen molar-refractivity contribution in [3.8, 4) is 0 Å². The second-order valence-corrected chi connectivity index (χ2v) is 6.87. The lowest BCUT2D eigenvalue weighted by Crippen LogP contribution is -2.33. The zero-order valence-corrected chi connectivity index (χ0v) is 7.84. The van der Waals surface area contributed by atoms with E-state index < -0.39 is 0 Å². The highest BCUT2D eigenvalue weighted by Gasteiger charge is 2.25. The quantitative estimate of drug-likeness (QED) is 0.520. The van der Waals surface area contributed by atoms with Gasteiger partial charge in [0, 0.05) is 0 Å². The van der Waals surface area contributed by atoms with Crippen molar-refractivity contribution in [2.75, 3.05) is 13.1 Å². The van der Waals surface area contributed by atoms with E-state index in [-0.39, 0.29) is 8.96 Å². The van der Waals surface area contributed by atoms with Gasteiger partial charge in [-0.1, -0.05) is 12.8 Å². The predicted octanol–water partition coefficient (Wildman–Crippen LogP) is 1.60. The number of hydrogen-bond acceptors (Lipinski definition) is 1. The van der Waals surface area contributed by atoms with Crippen molar-refractivity contribution in [2.24, 2.45) is 0 Å². The van der Waals surface area contributed by atoms with E-state index in [0.717, 1.165) is 0 Å². The molecule has 0 aromatic carbocycles. The number of hydrogen-bond donors (Lipinski definition) is 0. The third-order valence-corrected chi connectivity index (χ3v) is 6.68. The molecule has 0 atom stereocenters. The first kappa shape index (κ1) is 6.86. The maximum Gasteiger partial charge on any atom is 0.111 e. The van der Waals surface area contributed by atoms with Crippen LogP contribution in [-0.4, -0.2) is 26.6 Å². The predicted molar refractivity (Wildman–Crippen MR) is 46.8 cm³/mol. The number of rotatable bonds is 1. The molecule has 2 fully saturated rings. The van der Waals surface area contributed by atoms with E-state index in [0.29, 0.717) is 0 Å². The Morgan fingerprint density at radius 1 is 0.800 bits per heavy atom. The fourth-order valence-electron chi connectivity index (χ4n) is 2.38. The smallest absolute Gasteiger partial charge is 0.111 e. The molecule has 2 heteroatoms. The van der Waals surface area contributed by atoms with Crippen LogP contribution in [0.5, 0.6) is 0 Å². The zero-order chi connectivity index (χ0) is 6.81. The first-order valence-corrected chi connectivity index (χ1v) is 6.86. The minimum atomic E-state index is -0.300. The summed E-state index contributed by atoms with van der Waals surface area (Å²) in [6, 6.07) is 3.25. The van der Waals surface area contributed by atoms with Crippen LogP contribution in [0.1, 0.15) is 25.7 Å². The summed E-state index contributed by atoms with van der Waals surface area (Å²) in [7, 11) is -0.300. The maximum absolute atomic E-state index is 2.84. The summed E-state index contributed by atoms with van der Waals surface area (Å²) in [5.74, 6) is 0. The molecular formula is C8H17NSi. The molecule has 0 saturated carbocycles. The molecule has 0 unspecified atom stereocenters. The van der Waals surface area contributed by atoms with E-state index in [2.05, 4.69) is 4.57 Å². The lowest BCUT2D eigenvalue weighted by Gasteiger charge is -2.20. The van der Waals surface area contributed by atoms with Gasteiger partial charge >= 0.3 is 0 Å². The molecule has 0 aliphatic carbocycles. The summed E-state index contributed by atoms with van der Waals surface area (Å²) >= 11 is 0. The van der Waals surface area contributed by atoms with Crippen LogP contribution in [0.4, 0.5) is 0 Å². The van der Waals surface area contributed by atoms with E-state index in [9.17, 15) is 0 Å². The molecular weight excluding hydrogens is 138 g/mol. The normalized spacial score (nSPS) is 30.0. The lowest BCUT2D eigenvalue weighted by atomic mass is 10.4. The molecule has 2 aliphatic heterocycles. The van der Waals surface area contributed by atoms with Crippen LogP contribution in [0.15, 0.2) is 0 Å². The minimum Gasteiger partial charge on any atom is -0.326 e. The van der Waals surface area contributed by atoms with Crippen molar-refractivity contribution in [1.82, 2.24) is 4.57 Å². The van der Waals surface area contributed by atoms with Gasteiger partial charge in [0.2, 0.25) is 0 Å². The molecule has 58 valence electrons. The summed E-state index contributed by atoms with van der Waals surface area (Å²) in [4.78, 5) is 0. The van der Waals surface area contributed by atoms with Gasteiger partial charge in [0.05, 0.1) is 0 Å². The second-order valence-electron chi connectivity index (χ2n) is 3.68. The van der Waals surface area contributed by atoms with Crippen molar-refractivity contribution < 1.29 is 0 Å². The van der Waals surface area contributed by atoms with E-state index in [1.807, 2.05) is 0 Å². The summed E-state index contributed by atoms with van der Waals surface area (Å²) < 4.78 is 2.84. The highest BCUT2D eigenvalue weighted by molar-refractivity contribution is 6.56. The van der Waals surface area contributed by atoms with Gasteiger partial charge in [0.1, 0.15) is 8.96 Å². The van der Waals surface area contributed by atoms with Crippen LogP contribution in [0.25, 0.3) is 0 Å². The standard InChI is InChI=1S/C8H17NSi/c1-2-6-9(5-1)10-7-3-4-8-10/h10H,1-8H2. The molecule has 0 aromatic rings. The SMILES string of the molecule is C1CCN([SiH]2CCCC2)C1. The van der Waals surface area contributed by atoms with E-state index in [4.69, 9.17) is 0 Å². The number of nitrogens with zero attached hydrogens (tertiary/aromatic N) is 1. The molecule has 0 N–H and O–H groups in total. The van der Waals surface area contributed by atoms with Crippen LogP contribution in [-0.2, 0) is 0 Å². The van der Waals surface area contributed by atoms with Crippen LogP contribution in [0, 0.1) is 0 Å². The molecule has 10 heavy (non-hydrogen) atoms. The summed E-state index contributed by atoms with van der Waals surface area (Å²) in [6.07, 6.45) is 6.08. The van der Waals surface area contributed by atoms with Crippen molar-refractivity contribution in [3.63, 3.8) is 0 Å². The molecule has 2 saturated heterocycles. The van der Waals surface area contributed by atoms with Gasteiger partial charge < -0.3 is 4.57 Å². The Labute approximate surface area is 65.1 Å². The van der Waals surface area contributed by atoms with Crippen LogP contribution in [0.2, 0.25) is 12.1 Å². The Balaban J connectivity index is 1.85. The van der Waals surface area contributed by atoms with Gasteiger partial charge in [-0.2, -0.15) is 0 Å². The minimum absolute atomic E-state index is 0.300. The summed E-state index contributed by atoms with van der Waals surface area (Å²) in [5.41, 5.74) is 0. The van der Waals surface area contributed by atoms with Crippen molar-refractivity contribution in [2.45, 2.75) is 37.8 Å². The van der Waals surface area contributed by atoms with Crippen LogP contribution in [0.3, 0.4) is 0 Å². The molecule has 2 rings (SSSR count). The average Bonchev–Trinajstić information content (AvgIpc) is 2.59. The van der Waals surface area contributed by atoms with E-state index in [1.165, 1.54) is 25.9 Å². The molecule has 0 spiro atoms. The average molecular weight is 155 g/mol. The fraction of sp³-hybridized carbons (Fsp3) is 1.00. The van der Waals surface area contributed by atoms with Crippen LogP contribution >= 0.6 is 0 Å². The molecule has 0 amide bonds. The third-order valence-electron chi connectivity index (χ3n) is 2.98. The highest BCUT2D eigenvalue weighted by Crippen LogP contribution is 2.24. The van der Waals surface area contributed by atoms with E-state index in [1.54, 1.807) is 24.9 Å². The molecule has 2 aliphatic rings. The van der Waals surface area contributed by atoms with Crippen LogP contribution < -0.4 is 0 Å². The van der Waals surface area contributed by atoms with Gasteiger partial charge in [-0.15, -0.1) is 0 Å². The monoisotopic (exact) mass is 155 g/mol. The van der Waals surface area contributed by atoms with Gasteiger partial charge in [-0.3, -0.25) is 0 Å². The lowest BCUT2D eigenvalue weighted by molar-refractivity contribution is 0.535. The second kappa shape index (κ2) is 3.05. The Hall–Kier alpha value is 0.177. The Morgan fingerprint density at radius 2 is 1.40 bits per heavy atom. The van der Waals surface area contributed by atoms with Gasteiger partial charge in [0.25, 0.3) is 0 Å². The summed E-state index contributed by atoms with van der Waals surface area (Å²) in [6.45, 7) is 2.91. The molecule has 1 nitrogen and oxygen atoms in total. The summed E-state index contributed by atoms with van der Waals surface area (Å²) in [5, 5.41) is 0. The topological polar surface area (TPSA) is 3.24 Å². The zero-order valence-electron chi connectivity index (χ0n) is 6.68. The fourth-order valence-corrected chi connectivity index (χ4v) is 6.01.